The standard InChI is InChI=1S/C22H25F3N6O5/c1-12(22(23,24)25)28-20(34)13-2-3-16-17(6-13)31(14-4-5-30(16)8-14)21(35)29-18-7-19(27-11-26-18)36-10-15(33)9-32/h2-3,6-7,11-12,14-15,32-33H,4-5,8-10H2,1H3,(H,28,34)(H,26,27,29,35)/t12-,14+,15+/m1/s1. The summed E-state index contributed by atoms with van der Waals surface area (Å²) in [7, 11) is 0. The van der Waals surface area contributed by atoms with E-state index in [2.05, 4.69) is 15.3 Å². The Morgan fingerprint density at radius 2 is 2.03 bits per heavy atom. The van der Waals surface area contributed by atoms with Gasteiger partial charge in [0, 0.05) is 24.7 Å². The van der Waals surface area contributed by atoms with E-state index >= 15 is 0 Å². The Kier molecular flexibility index (Phi) is 7.17. The van der Waals surface area contributed by atoms with Crippen LogP contribution in [0.25, 0.3) is 0 Å². The molecule has 1 saturated heterocycles. The van der Waals surface area contributed by atoms with Crippen LogP contribution in [0.5, 0.6) is 5.88 Å². The second-order valence-electron chi connectivity index (χ2n) is 8.52. The number of urea groups is 1. The van der Waals surface area contributed by atoms with E-state index in [9.17, 15) is 27.9 Å². The van der Waals surface area contributed by atoms with Crippen molar-refractivity contribution >= 4 is 29.1 Å². The number of hydrogen-bond donors (Lipinski definition) is 4. The van der Waals surface area contributed by atoms with Crippen molar-refractivity contribution in [2.24, 2.45) is 0 Å². The average Bonchev–Trinajstić information content (AvgIpc) is 3.25. The molecule has 3 atom stereocenters. The number of carbonyl (C=O) groups is 2. The molecule has 2 aliphatic heterocycles. The molecule has 0 aliphatic carbocycles. The molecule has 14 heteroatoms. The predicted octanol–water partition coefficient (Wildman–Crippen LogP) is 1.52. The number of aliphatic hydroxyl groups is 2. The van der Waals surface area contributed by atoms with Crippen molar-refractivity contribution in [1.29, 1.82) is 0 Å². The van der Waals surface area contributed by atoms with E-state index in [0.29, 0.717) is 30.9 Å². The van der Waals surface area contributed by atoms with Crippen LogP contribution in [0.1, 0.15) is 23.7 Å². The number of carbonyl (C=O) groups excluding carboxylic acids is 2. The maximum atomic E-state index is 13.3. The number of halogens is 3. The zero-order chi connectivity index (χ0) is 26.0. The first-order valence-electron chi connectivity index (χ1n) is 11.2. The van der Waals surface area contributed by atoms with Gasteiger partial charge in [-0.25, -0.2) is 14.8 Å². The highest BCUT2D eigenvalue weighted by atomic mass is 19.4. The van der Waals surface area contributed by atoms with Gasteiger partial charge in [-0.2, -0.15) is 13.2 Å². The van der Waals surface area contributed by atoms with Crippen LogP contribution < -0.4 is 25.2 Å². The number of nitrogens with one attached hydrogen (secondary N) is 2. The van der Waals surface area contributed by atoms with Gasteiger partial charge in [-0.1, -0.05) is 0 Å². The topological polar surface area (TPSA) is 140 Å². The molecule has 0 saturated carbocycles. The van der Waals surface area contributed by atoms with Crippen LogP contribution in [0.3, 0.4) is 0 Å². The van der Waals surface area contributed by atoms with Gasteiger partial charge in [0.2, 0.25) is 5.88 Å². The lowest BCUT2D eigenvalue weighted by Gasteiger charge is -2.37. The van der Waals surface area contributed by atoms with Crippen molar-refractivity contribution in [3.05, 3.63) is 36.2 Å². The number of amides is 3. The maximum absolute atomic E-state index is 13.3. The molecule has 36 heavy (non-hydrogen) atoms. The first-order chi connectivity index (χ1) is 17.1. The van der Waals surface area contributed by atoms with Gasteiger partial charge in [0.05, 0.1) is 24.0 Å². The van der Waals surface area contributed by atoms with Crippen molar-refractivity contribution in [3.8, 4) is 5.88 Å². The molecule has 194 valence electrons. The quantitative estimate of drug-likeness (QED) is 0.440. The summed E-state index contributed by atoms with van der Waals surface area (Å²) in [5.41, 5.74) is 1.07. The van der Waals surface area contributed by atoms with E-state index in [1.165, 1.54) is 23.1 Å². The molecular weight excluding hydrogens is 485 g/mol. The van der Waals surface area contributed by atoms with Crippen LogP contribution in [0.4, 0.5) is 35.2 Å². The largest absolute Gasteiger partial charge is 0.475 e. The molecule has 0 spiro atoms. The fourth-order valence-corrected chi connectivity index (χ4v) is 4.02. The van der Waals surface area contributed by atoms with E-state index in [0.717, 1.165) is 13.3 Å². The van der Waals surface area contributed by atoms with Gasteiger partial charge < -0.3 is 25.2 Å². The summed E-state index contributed by atoms with van der Waals surface area (Å²) < 4.78 is 44.0. The zero-order valence-corrected chi connectivity index (χ0v) is 19.2. The number of ether oxygens (including phenoxy) is 1. The highest BCUT2D eigenvalue weighted by molar-refractivity contribution is 6.06. The molecule has 4 rings (SSSR count). The van der Waals surface area contributed by atoms with Gasteiger partial charge in [-0.15, -0.1) is 0 Å². The molecule has 11 nitrogen and oxygen atoms in total. The number of hydrogen-bond acceptors (Lipinski definition) is 8. The van der Waals surface area contributed by atoms with Gasteiger partial charge >= 0.3 is 12.2 Å². The summed E-state index contributed by atoms with van der Waals surface area (Å²) in [6.07, 6.45) is -3.87. The number of aromatic nitrogens is 2. The van der Waals surface area contributed by atoms with Crippen molar-refractivity contribution in [3.63, 3.8) is 0 Å². The smallest absolute Gasteiger partial charge is 0.408 e. The van der Waals surface area contributed by atoms with Gasteiger partial charge in [0.1, 0.15) is 30.9 Å². The Morgan fingerprint density at radius 1 is 1.25 bits per heavy atom. The lowest BCUT2D eigenvalue weighted by atomic mass is 10.1. The SMILES string of the molecule is C[C@@H](NC(=O)c1ccc2c(c1)N(C(=O)Nc1cc(OC[C@@H](O)CO)ncn1)[C@H]1CCN2C1)C(F)(F)F. The van der Waals surface area contributed by atoms with Gasteiger partial charge in [-0.3, -0.25) is 15.0 Å². The van der Waals surface area contributed by atoms with E-state index in [1.807, 2.05) is 10.2 Å². The summed E-state index contributed by atoms with van der Waals surface area (Å²) in [5, 5.41) is 22.9. The number of aliphatic hydroxyl groups excluding tert-OH is 2. The highest BCUT2D eigenvalue weighted by Crippen LogP contribution is 2.41. The number of fused-ring (bicyclic) bond motifs is 4. The van der Waals surface area contributed by atoms with Crippen molar-refractivity contribution < 1.29 is 37.7 Å². The van der Waals surface area contributed by atoms with Crippen LogP contribution in [-0.2, 0) is 0 Å². The minimum Gasteiger partial charge on any atom is -0.475 e. The molecule has 0 radical (unpaired) electrons. The number of rotatable bonds is 7. The van der Waals surface area contributed by atoms with Crippen LogP contribution >= 0.6 is 0 Å². The lowest BCUT2D eigenvalue weighted by Crippen LogP contribution is -2.48. The van der Waals surface area contributed by atoms with Crippen LogP contribution in [0.15, 0.2) is 30.6 Å². The molecule has 1 aromatic carbocycles. The monoisotopic (exact) mass is 510 g/mol. The summed E-state index contributed by atoms with van der Waals surface area (Å²) in [6.45, 7) is 1.39. The summed E-state index contributed by atoms with van der Waals surface area (Å²) in [5.74, 6) is -0.728. The molecule has 2 aromatic rings. The Bertz CT molecular complexity index is 1130. The first kappa shape index (κ1) is 25.4. The number of nitrogens with zero attached hydrogens (tertiary/aromatic N) is 4. The summed E-state index contributed by atoms with van der Waals surface area (Å²) in [4.78, 5) is 37.2. The molecule has 3 heterocycles. The van der Waals surface area contributed by atoms with Crippen LogP contribution in [0.2, 0.25) is 0 Å². The van der Waals surface area contributed by atoms with E-state index < -0.39 is 36.9 Å². The fraction of sp³-hybridized carbons (Fsp3) is 0.455. The van der Waals surface area contributed by atoms with E-state index in [-0.39, 0.29) is 29.9 Å². The van der Waals surface area contributed by atoms with Gasteiger partial charge in [0.15, 0.2) is 0 Å². The lowest BCUT2D eigenvalue weighted by molar-refractivity contribution is -0.149. The predicted molar refractivity (Wildman–Crippen MR) is 122 cm³/mol. The third kappa shape index (κ3) is 5.44. The molecule has 4 N–H and O–H groups in total. The van der Waals surface area contributed by atoms with Gasteiger partial charge in [-0.05, 0) is 31.5 Å². The molecule has 3 amide bonds. The second kappa shape index (κ2) is 10.1. The molecule has 2 aliphatic rings. The number of benzene rings is 1. The zero-order valence-electron chi connectivity index (χ0n) is 19.2. The van der Waals surface area contributed by atoms with Crippen molar-refractivity contribution in [2.75, 3.05) is 41.4 Å². The molecule has 2 bridgehead atoms. The van der Waals surface area contributed by atoms with E-state index in [1.54, 1.807) is 6.07 Å². The Labute approximate surface area is 203 Å². The van der Waals surface area contributed by atoms with Crippen molar-refractivity contribution in [1.82, 2.24) is 15.3 Å². The Morgan fingerprint density at radius 3 is 2.75 bits per heavy atom. The first-order valence-corrected chi connectivity index (χ1v) is 11.2. The Balaban J connectivity index is 1.55. The van der Waals surface area contributed by atoms with Crippen LogP contribution in [-0.4, -0.2) is 82.8 Å². The van der Waals surface area contributed by atoms with Crippen molar-refractivity contribution in [2.45, 2.75) is 37.7 Å². The average molecular weight is 510 g/mol. The van der Waals surface area contributed by atoms with Crippen LogP contribution in [0, 0.1) is 0 Å². The minimum atomic E-state index is -4.59. The third-order valence-electron chi connectivity index (χ3n) is 5.94. The fourth-order valence-electron chi connectivity index (χ4n) is 4.02. The maximum Gasteiger partial charge on any atom is 0.408 e. The Hall–Kier alpha value is -3.65. The van der Waals surface area contributed by atoms with E-state index in [4.69, 9.17) is 9.84 Å². The molecule has 0 unspecified atom stereocenters. The normalized spacial score (nSPS) is 18.3. The third-order valence-corrected chi connectivity index (χ3v) is 5.94. The molecular formula is C22H25F3N6O5. The molecule has 1 fully saturated rings. The summed E-state index contributed by atoms with van der Waals surface area (Å²) in [6, 6.07) is 2.99. The summed E-state index contributed by atoms with van der Waals surface area (Å²) >= 11 is 0. The van der Waals surface area contributed by atoms with Gasteiger partial charge in [0.25, 0.3) is 5.91 Å². The molecule has 1 aromatic heterocycles. The second-order valence-corrected chi connectivity index (χ2v) is 8.52. The highest BCUT2D eigenvalue weighted by Gasteiger charge is 2.40. The minimum absolute atomic E-state index is 0.00897. The number of alkyl halides is 3. The number of anilines is 3.